The quantitative estimate of drug-likeness (QED) is 0.814. The Morgan fingerprint density at radius 3 is 2.32 bits per heavy atom. The summed E-state index contributed by atoms with van der Waals surface area (Å²) < 4.78 is 4.67. The zero-order valence-electron chi connectivity index (χ0n) is 13.5. The molecule has 6 heteroatoms. The van der Waals surface area contributed by atoms with Crippen LogP contribution in [-0.2, 0) is 14.3 Å². The van der Waals surface area contributed by atoms with Gasteiger partial charge >= 0.3 is 5.97 Å². The first-order valence-electron chi connectivity index (χ1n) is 7.03. The van der Waals surface area contributed by atoms with E-state index in [4.69, 9.17) is 0 Å². The van der Waals surface area contributed by atoms with Crippen LogP contribution in [0.15, 0.2) is 18.2 Å². The Hall–Kier alpha value is -2.37. The van der Waals surface area contributed by atoms with E-state index in [2.05, 4.69) is 15.4 Å². The van der Waals surface area contributed by atoms with Crippen molar-refractivity contribution >= 4 is 23.5 Å². The summed E-state index contributed by atoms with van der Waals surface area (Å²) in [4.78, 5) is 35.1. The molecular weight excluding hydrogens is 284 g/mol. The second-order valence-corrected chi connectivity index (χ2v) is 5.43. The Bertz CT molecular complexity index is 582. The fourth-order valence-electron chi connectivity index (χ4n) is 1.97. The molecule has 0 saturated carbocycles. The number of methoxy groups -OCH3 is 1. The van der Waals surface area contributed by atoms with Crippen LogP contribution < -0.4 is 10.6 Å². The van der Waals surface area contributed by atoms with E-state index in [0.29, 0.717) is 11.3 Å². The number of carbonyl (C=O) groups excluding carboxylic acids is 3. The van der Waals surface area contributed by atoms with Crippen LogP contribution >= 0.6 is 0 Å². The van der Waals surface area contributed by atoms with Crippen molar-refractivity contribution in [3.8, 4) is 0 Å². The maximum atomic E-state index is 12.4. The van der Waals surface area contributed by atoms with Crippen molar-refractivity contribution in [2.24, 2.45) is 5.92 Å². The fourth-order valence-corrected chi connectivity index (χ4v) is 1.97. The summed E-state index contributed by atoms with van der Waals surface area (Å²) in [6.07, 6.45) is 0. The molecule has 1 aromatic rings. The third kappa shape index (κ3) is 4.58. The molecule has 0 aromatic heterocycles. The normalized spacial score (nSPS) is 11.7. The zero-order chi connectivity index (χ0) is 16.9. The molecule has 0 fully saturated rings. The average molecular weight is 306 g/mol. The minimum absolute atomic E-state index is 0.0620. The highest BCUT2D eigenvalue weighted by Gasteiger charge is 2.23. The largest absolute Gasteiger partial charge is 0.465 e. The van der Waals surface area contributed by atoms with E-state index in [-0.39, 0.29) is 17.7 Å². The summed E-state index contributed by atoms with van der Waals surface area (Å²) in [5.74, 6) is -1.13. The number of amides is 2. The minimum Gasteiger partial charge on any atom is -0.465 e. The molecule has 0 spiro atoms. The molecule has 1 aromatic carbocycles. The van der Waals surface area contributed by atoms with Gasteiger partial charge in [0, 0.05) is 12.6 Å². The van der Waals surface area contributed by atoms with Gasteiger partial charge in [0.15, 0.2) is 0 Å². The van der Waals surface area contributed by atoms with E-state index in [1.54, 1.807) is 18.2 Å². The number of carbonyl (C=O) groups is 3. The Morgan fingerprint density at radius 1 is 1.18 bits per heavy atom. The van der Waals surface area contributed by atoms with Crippen molar-refractivity contribution in [2.75, 3.05) is 12.4 Å². The molecule has 6 nitrogen and oxygen atoms in total. The van der Waals surface area contributed by atoms with Gasteiger partial charge in [0.05, 0.1) is 12.7 Å². The monoisotopic (exact) mass is 306 g/mol. The van der Waals surface area contributed by atoms with E-state index in [1.165, 1.54) is 14.0 Å². The predicted molar refractivity (Wildman–Crippen MR) is 83.6 cm³/mol. The Morgan fingerprint density at radius 2 is 1.82 bits per heavy atom. The maximum absolute atomic E-state index is 12.4. The van der Waals surface area contributed by atoms with Crippen LogP contribution in [0.3, 0.4) is 0 Å². The summed E-state index contributed by atoms with van der Waals surface area (Å²) in [5.41, 5.74) is 1.68. The minimum atomic E-state index is -0.640. The van der Waals surface area contributed by atoms with Crippen LogP contribution in [0.1, 0.15) is 36.7 Å². The lowest BCUT2D eigenvalue weighted by atomic mass is 10.0. The van der Waals surface area contributed by atoms with Gasteiger partial charge in [0.2, 0.25) is 11.8 Å². The lowest BCUT2D eigenvalue weighted by Crippen LogP contribution is -2.46. The van der Waals surface area contributed by atoms with Crippen LogP contribution in [0.4, 0.5) is 5.69 Å². The second kappa shape index (κ2) is 7.59. The van der Waals surface area contributed by atoms with Gasteiger partial charge in [-0.15, -0.1) is 0 Å². The number of hydrogen-bond acceptors (Lipinski definition) is 4. The molecule has 0 radical (unpaired) electrons. The molecule has 0 saturated heterocycles. The average Bonchev–Trinajstić information content (AvgIpc) is 2.45. The van der Waals surface area contributed by atoms with E-state index < -0.39 is 12.0 Å². The van der Waals surface area contributed by atoms with Crippen molar-refractivity contribution < 1.29 is 19.1 Å². The fraction of sp³-hybridized carbons (Fsp3) is 0.438. The SMILES string of the molecule is COC(=O)c1ccc(C)c(NC(=O)C(NC(C)=O)C(C)C)c1. The third-order valence-corrected chi connectivity index (χ3v) is 3.22. The summed E-state index contributed by atoms with van der Waals surface area (Å²) in [7, 11) is 1.30. The number of anilines is 1. The number of ether oxygens (including phenoxy) is 1. The number of esters is 1. The highest BCUT2D eigenvalue weighted by molar-refractivity contribution is 5.99. The lowest BCUT2D eigenvalue weighted by Gasteiger charge is -2.21. The smallest absolute Gasteiger partial charge is 0.337 e. The maximum Gasteiger partial charge on any atom is 0.337 e. The lowest BCUT2D eigenvalue weighted by molar-refractivity contribution is -0.126. The number of rotatable bonds is 5. The van der Waals surface area contributed by atoms with Crippen LogP contribution in [-0.4, -0.2) is 30.9 Å². The van der Waals surface area contributed by atoms with Crippen molar-refractivity contribution in [1.82, 2.24) is 5.32 Å². The van der Waals surface area contributed by atoms with E-state index in [1.807, 2.05) is 20.8 Å². The third-order valence-electron chi connectivity index (χ3n) is 3.22. The van der Waals surface area contributed by atoms with Gasteiger partial charge in [-0.25, -0.2) is 4.79 Å². The summed E-state index contributed by atoms with van der Waals surface area (Å²) >= 11 is 0. The molecule has 0 bridgehead atoms. The molecule has 1 rings (SSSR count). The van der Waals surface area contributed by atoms with Gasteiger partial charge in [-0.3, -0.25) is 9.59 Å². The molecule has 0 aliphatic rings. The first-order valence-corrected chi connectivity index (χ1v) is 7.03. The molecule has 0 heterocycles. The molecule has 1 unspecified atom stereocenters. The number of nitrogens with one attached hydrogen (secondary N) is 2. The first-order chi connectivity index (χ1) is 10.3. The molecule has 2 N–H and O–H groups in total. The highest BCUT2D eigenvalue weighted by atomic mass is 16.5. The van der Waals surface area contributed by atoms with Crippen molar-refractivity contribution in [3.05, 3.63) is 29.3 Å². The molecular formula is C16H22N2O4. The highest BCUT2D eigenvalue weighted by Crippen LogP contribution is 2.18. The van der Waals surface area contributed by atoms with E-state index >= 15 is 0 Å². The van der Waals surface area contributed by atoms with Crippen molar-refractivity contribution in [3.63, 3.8) is 0 Å². The molecule has 1 atom stereocenters. The van der Waals surface area contributed by atoms with E-state index in [0.717, 1.165) is 5.56 Å². The summed E-state index contributed by atoms with van der Waals surface area (Å²) in [6, 6.07) is 4.28. The van der Waals surface area contributed by atoms with Gasteiger partial charge in [-0.2, -0.15) is 0 Å². The topological polar surface area (TPSA) is 84.5 Å². The van der Waals surface area contributed by atoms with Crippen LogP contribution in [0, 0.1) is 12.8 Å². The molecule has 2 amide bonds. The van der Waals surface area contributed by atoms with Gasteiger partial charge in [-0.05, 0) is 30.5 Å². The molecule has 0 aliphatic carbocycles. The Labute approximate surface area is 130 Å². The summed E-state index contributed by atoms with van der Waals surface area (Å²) in [5, 5.41) is 5.38. The predicted octanol–water partition coefficient (Wildman–Crippen LogP) is 1.88. The van der Waals surface area contributed by atoms with Crippen LogP contribution in [0.25, 0.3) is 0 Å². The number of hydrogen-bond donors (Lipinski definition) is 2. The summed E-state index contributed by atoms with van der Waals surface area (Å²) in [6.45, 7) is 6.88. The molecule has 120 valence electrons. The Kier molecular flexibility index (Phi) is 6.10. The van der Waals surface area contributed by atoms with Crippen molar-refractivity contribution in [1.29, 1.82) is 0 Å². The number of benzene rings is 1. The number of aryl methyl sites for hydroxylation is 1. The van der Waals surface area contributed by atoms with Crippen LogP contribution in [0.5, 0.6) is 0 Å². The molecule has 0 aliphatic heterocycles. The van der Waals surface area contributed by atoms with Crippen LogP contribution in [0.2, 0.25) is 0 Å². The van der Waals surface area contributed by atoms with Gasteiger partial charge in [0.25, 0.3) is 0 Å². The Balaban J connectivity index is 2.99. The van der Waals surface area contributed by atoms with Gasteiger partial charge in [0.1, 0.15) is 6.04 Å². The van der Waals surface area contributed by atoms with Gasteiger partial charge in [-0.1, -0.05) is 19.9 Å². The molecule has 22 heavy (non-hydrogen) atoms. The van der Waals surface area contributed by atoms with E-state index in [9.17, 15) is 14.4 Å². The van der Waals surface area contributed by atoms with Gasteiger partial charge < -0.3 is 15.4 Å². The zero-order valence-corrected chi connectivity index (χ0v) is 13.5. The van der Waals surface area contributed by atoms with Crippen molar-refractivity contribution in [2.45, 2.75) is 33.7 Å². The first kappa shape index (κ1) is 17.7. The second-order valence-electron chi connectivity index (χ2n) is 5.43. The standard InChI is InChI=1S/C16H22N2O4/c1-9(2)14(17-11(4)19)15(20)18-13-8-12(16(21)22-5)7-6-10(13)3/h6-9,14H,1-5H3,(H,17,19)(H,18,20).